The summed E-state index contributed by atoms with van der Waals surface area (Å²) in [6.45, 7) is 1.89. The summed E-state index contributed by atoms with van der Waals surface area (Å²) >= 11 is 0. The van der Waals surface area contributed by atoms with Crippen molar-refractivity contribution in [3.05, 3.63) is 53.1 Å². The molecule has 0 radical (unpaired) electrons. The van der Waals surface area contributed by atoms with Crippen molar-refractivity contribution in [3.63, 3.8) is 0 Å². The maximum absolute atomic E-state index is 13.7. The molecule has 2 rings (SSSR count). The van der Waals surface area contributed by atoms with Crippen molar-refractivity contribution < 1.29 is 18.7 Å². The fourth-order valence-corrected chi connectivity index (χ4v) is 1.64. The van der Waals surface area contributed by atoms with Crippen LogP contribution in [0.2, 0.25) is 0 Å². The van der Waals surface area contributed by atoms with Crippen molar-refractivity contribution in [3.8, 4) is 0 Å². The maximum atomic E-state index is 13.7. The van der Waals surface area contributed by atoms with Gasteiger partial charge in [0.2, 0.25) is 0 Å². The van der Waals surface area contributed by atoms with E-state index in [0.717, 1.165) is 6.07 Å². The number of rotatable bonds is 4. The van der Waals surface area contributed by atoms with Crippen LogP contribution in [0.1, 0.15) is 21.9 Å². The zero-order valence-electron chi connectivity index (χ0n) is 10.5. The van der Waals surface area contributed by atoms with E-state index >= 15 is 0 Å². The highest BCUT2D eigenvalue weighted by atomic mass is 19.2. The molecule has 0 atom stereocenters. The number of hydrogen-bond donors (Lipinski definition) is 2. The molecule has 0 aliphatic heterocycles. The number of nitrogens with one attached hydrogen (secondary N) is 1. The van der Waals surface area contributed by atoms with Crippen molar-refractivity contribution in [2.75, 3.05) is 5.32 Å². The topological polar surface area (TPSA) is 75.1 Å². The molecule has 0 saturated carbocycles. The summed E-state index contributed by atoms with van der Waals surface area (Å²) in [6, 6.07) is 3.82. The Labute approximate surface area is 113 Å². The molecule has 0 aliphatic rings. The second-order valence-corrected chi connectivity index (χ2v) is 4.04. The molecule has 1 heterocycles. The third kappa shape index (κ3) is 2.87. The van der Waals surface area contributed by atoms with Gasteiger partial charge in [0.1, 0.15) is 5.82 Å². The molecule has 7 heteroatoms. The quantitative estimate of drug-likeness (QED) is 0.898. The van der Waals surface area contributed by atoms with Crippen molar-refractivity contribution >= 4 is 11.7 Å². The Morgan fingerprint density at radius 2 is 2.05 bits per heavy atom. The molecular weight excluding hydrogens is 268 g/mol. The first-order valence-corrected chi connectivity index (χ1v) is 5.72. The average Bonchev–Trinajstić information content (AvgIpc) is 2.40. The lowest BCUT2D eigenvalue weighted by atomic mass is 10.2. The standard InChI is InChI=1S/C13H11F2N3O2/c1-7-16-5-4-8(18-7)6-17-10-3-2-9(13(19)20)11(14)12(10)15/h2-5,17H,6H2,1H3,(H,19,20). The first-order valence-electron chi connectivity index (χ1n) is 5.72. The summed E-state index contributed by atoms with van der Waals surface area (Å²) in [4.78, 5) is 18.7. The van der Waals surface area contributed by atoms with Crippen LogP contribution < -0.4 is 5.32 Å². The van der Waals surface area contributed by atoms with Crippen molar-refractivity contribution in [1.82, 2.24) is 9.97 Å². The highest BCUT2D eigenvalue weighted by molar-refractivity contribution is 5.88. The molecule has 0 saturated heterocycles. The van der Waals surface area contributed by atoms with Gasteiger partial charge in [-0.15, -0.1) is 0 Å². The molecule has 104 valence electrons. The number of carboxylic acid groups (broad SMARTS) is 1. The van der Waals surface area contributed by atoms with Gasteiger partial charge in [-0.05, 0) is 25.1 Å². The molecule has 2 aromatic rings. The number of aromatic nitrogens is 2. The Bertz CT molecular complexity index is 662. The van der Waals surface area contributed by atoms with Gasteiger partial charge in [-0.3, -0.25) is 0 Å². The lowest BCUT2D eigenvalue weighted by molar-refractivity contribution is 0.0690. The van der Waals surface area contributed by atoms with Gasteiger partial charge < -0.3 is 10.4 Å². The number of anilines is 1. The fraction of sp³-hybridized carbons (Fsp3) is 0.154. The van der Waals surface area contributed by atoms with E-state index in [-0.39, 0.29) is 12.2 Å². The minimum Gasteiger partial charge on any atom is -0.478 e. The van der Waals surface area contributed by atoms with Crippen LogP contribution in [0.5, 0.6) is 0 Å². The first-order chi connectivity index (χ1) is 9.49. The number of halogens is 2. The molecule has 0 fully saturated rings. The predicted octanol–water partition coefficient (Wildman–Crippen LogP) is 2.37. The van der Waals surface area contributed by atoms with Crippen molar-refractivity contribution in [1.29, 1.82) is 0 Å². The van der Waals surface area contributed by atoms with Gasteiger partial charge in [-0.1, -0.05) is 0 Å². The normalized spacial score (nSPS) is 10.3. The van der Waals surface area contributed by atoms with E-state index in [0.29, 0.717) is 11.5 Å². The molecule has 20 heavy (non-hydrogen) atoms. The molecule has 2 N–H and O–H groups in total. The van der Waals surface area contributed by atoms with E-state index in [4.69, 9.17) is 5.11 Å². The Morgan fingerprint density at radius 1 is 1.30 bits per heavy atom. The molecule has 5 nitrogen and oxygen atoms in total. The van der Waals surface area contributed by atoms with Gasteiger partial charge in [-0.25, -0.2) is 23.5 Å². The molecule has 0 unspecified atom stereocenters. The molecule has 1 aromatic carbocycles. The van der Waals surface area contributed by atoms with E-state index in [1.165, 1.54) is 6.07 Å². The molecule has 0 amide bonds. The van der Waals surface area contributed by atoms with E-state index in [2.05, 4.69) is 15.3 Å². The van der Waals surface area contributed by atoms with Crippen LogP contribution in [-0.4, -0.2) is 21.0 Å². The molecule has 0 spiro atoms. The third-order valence-corrected chi connectivity index (χ3v) is 2.61. The summed E-state index contributed by atoms with van der Waals surface area (Å²) in [7, 11) is 0. The van der Waals surface area contributed by atoms with Crippen LogP contribution in [0.15, 0.2) is 24.4 Å². The second-order valence-electron chi connectivity index (χ2n) is 4.04. The lowest BCUT2D eigenvalue weighted by Gasteiger charge is -2.09. The van der Waals surface area contributed by atoms with Crippen LogP contribution in [-0.2, 0) is 6.54 Å². The smallest absolute Gasteiger partial charge is 0.338 e. The van der Waals surface area contributed by atoms with E-state index < -0.39 is 23.2 Å². The van der Waals surface area contributed by atoms with E-state index in [9.17, 15) is 13.6 Å². The first kappa shape index (κ1) is 13.9. The Kier molecular flexibility index (Phi) is 3.88. The van der Waals surface area contributed by atoms with Gasteiger partial charge in [0, 0.05) is 6.20 Å². The highest BCUT2D eigenvalue weighted by Crippen LogP contribution is 2.21. The van der Waals surface area contributed by atoms with Gasteiger partial charge in [0.05, 0.1) is 23.5 Å². The van der Waals surface area contributed by atoms with Crippen LogP contribution in [0, 0.1) is 18.6 Å². The number of aromatic carboxylic acids is 1. The molecule has 0 aliphatic carbocycles. The lowest BCUT2D eigenvalue weighted by Crippen LogP contribution is -2.08. The second kappa shape index (κ2) is 5.60. The van der Waals surface area contributed by atoms with Gasteiger partial charge in [-0.2, -0.15) is 0 Å². The third-order valence-electron chi connectivity index (χ3n) is 2.61. The number of carboxylic acids is 1. The van der Waals surface area contributed by atoms with Gasteiger partial charge >= 0.3 is 5.97 Å². The number of benzene rings is 1. The van der Waals surface area contributed by atoms with Crippen LogP contribution in [0.4, 0.5) is 14.5 Å². The minimum absolute atomic E-state index is 0.122. The number of aryl methyl sites for hydroxylation is 1. The number of hydrogen-bond acceptors (Lipinski definition) is 4. The minimum atomic E-state index is -1.51. The van der Waals surface area contributed by atoms with Gasteiger partial charge in [0.15, 0.2) is 11.6 Å². The Morgan fingerprint density at radius 3 is 2.70 bits per heavy atom. The SMILES string of the molecule is Cc1nccc(CNc2ccc(C(=O)O)c(F)c2F)n1. The maximum Gasteiger partial charge on any atom is 0.338 e. The summed E-state index contributed by atoms with van der Waals surface area (Å²) in [5.74, 6) is -3.56. The zero-order chi connectivity index (χ0) is 14.7. The average molecular weight is 279 g/mol. The van der Waals surface area contributed by atoms with Crippen LogP contribution in [0.25, 0.3) is 0 Å². The Balaban J connectivity index is 2.18. The predicted molar refractivity (Wildman–Crippen MR) is 67.4 cm³/mol. The number of nitrogens with zero attached hydrogens (tertiary/aromatic N) is 2. The van der Waals surface area contributed by atoms with Gasteiger partial charge in [0.25, 0.3) is 0 Å². The molecule has 0 bridgehead atoms. The van der Waals surface area contributed by atoms with E-state index in [1.54, 1.807) is 19.2 Å². The van der Waals surface area contributed by atoms with Crippen molar-refractivity contribution in [2.45, 2.75) is 13.5 Å². The summed E-state index contributed by atoms with van der Waals surface area (Å²) in [5.41, 5.74) is -0.214. The monoisotopic (exact) mass is 279 g/mol. The van der Waals surface area contributed by atoms with E-state index in [1.807, 2.05) is 0 Å². The fourth-order valence-electron chi connectivity index (χ4n) is 1.64. The molecular formula is C13H11F2N3O2. The Hall–Kier alpha value is -2.57. The summed E-state index contributed by atoms with van der Waals surface area (Å²) < 4.78 is 27.2. The largest absolute Gasteiger partial charge is 0.478 e. The van der Waals surface area contributed by atoms with Crippen molar-refractivity contribution in [2.24, 2.45) is 0 Å². The summed E-state index contributed by atoms with van der Waals surface area (Å²) in [6.07, 6.45) is 1.56. The highest BCUT2D eigenvalue weighted by Gasteiger charge is 2.17. The summed E-state index contributed by atoms with van der Waals surface area (Å²) in [5, 5.41) is 11.3. The van der Waals surface area contributed by atoms with Crippen LogP contribution in [0.3, 0.4) is 0 Å². The van der Waals surface area contributed by atoms with Crippen LogP contribution >= 0.6 is 0 Å². The molecule has 1 aromatic heterocycles. The number of carbonyl (C=O) groups is 1. The zero-order valence-corrected chi connectivity index (χ0v) is 10.5.